The quantitative estimate of drug-likeness (QED) is 0.234. The van der Waals surface area contributed by atoms with Crippen molar-refractivity contribution in [1.82, 2.24) is 15.0 Å². The van der Waals surface area contributed by atoms with Crippen molar-refractivity contribution in [3.05, 3.63) is 131 Å². The Kier molecular flexibility index (Phi) is 6.18. The van der Waals surface area contributed by atoms with E-state index in [4.69, 9.17) is 4.74 Å². The van der Waals surface area contributed by atoms with E-state index >= 15 is 0 Å². The zero-order valence-electron chi connectivity index (χ0n) is 19.2. The normalized spacial score (nSPS) is 11.8. The lowest BCUT2D eigenvalue weighted by molar-refractivity contribution is 0.0280. The van der Waals surface area contributed by atoms with Gasteiger partial charge in [-0.3, -0.25) is 4.79 Å². The lowest BCUT2D eigenvalue weighted by Crippen LogP contribution is -2.20. The summed E-state index contributed by atoms with van der Waals surface area (Å²) >= 11 is 0. The van der Waals surface area contributed by atoms with E-state index in [-0.39, 0.29) is 5.78 Å². The molecule has 35 heavy (non-hydrogen) atoms. The van der Waals surface area contributed by atoms with Gasteiger partial charge in [-0.15, -0.1) is 5.10 Å². The van der Waals surface area contributed by atoms with Gasteiger partial charge in [0.1, 0.15) is 5.52 Å². The zero-order valence-corrected chi connectivity index (χ0v) is 19.2. The molecule has 1 aromatic heterocycles. The van der Waals surface area contributed by atoms with Gasteiger partial charge < -0.3 is 4.74 Å². The first-order valence-electron chi connectivity index (χ1n) is 11.3. The second-order valence-electron chi connectivity index (χ2n) is 8.36. The van der Waals surface area contributed by atoms with Crippen LogP contribution in [0.3, 0.4) is 0 Å². The number of nitrogens with zero attached hydrogens (tertiary/aromatic N) is 3. The number of para-hydroxylation sites is 1. The molecular formula is C29H23N3O3. The highest BCUT2D eigenvalue weighted by Crippen LogP contribution is 2.24. The number of carbonyl (C=O) groups excluding carboxylic acids is 2. The number of carbonyl (C=O) groups is 2. The highest BCUT2D eigenvalue weighted by Gasteiger charge is 2.26. The van der Waals surface area contributed by atoms with E-state index in [0.29, 0.717) is 23.2 Å². The minimum Gasteiger partial charge on any atom is -0.445 e. The molecule has 0 spiro atoms. The van der Waals surface area contributed by atoms with Gasteiger partial charge in [-0.2, -0.15) is 0 Å². The second-order valence-corrected chi connectivity index (χ2v) is 8.36. The molecule has 1 atom stereocenters. The minimum absolute atomic E-state index is 0.265. The molecule has 0 N–H and O–H groups in total. The Balaban J connectivity index is 1.35. The molecule has 0 amide bonds. The molecule has 0 bridgehead atoms. The number of rotatable bonds is 7. The standard InChI is InChI=1S/C29H23N3O3/c1-20-11-15-22(16-12-20)27(33)28(23-7-3-2-4-8-23)35-29(34)24-17-13-21(14-18-24)19-32-26-10-6-5-9-25(26)30-31-32/h2-18,28H,19H2,1H3/t28-/m0/s1. The van der Waals surface area contributed by atoms with Crippen LogP contribution in [0.15, 0.2) is 103 Å². The average molecular weight is 462 g/mol. The summed E-state index contributed by atoms with van der Waals surface area (Å²) in [4.78, 5) is 26.3. The van der Waals surface area contributed by atoms with Crippen molar-refractivity contribution < 1.29 is 14.3 Å². The van der Waals surface area contributed by atoms with Gasteiger partial charge in [0.05, 0.1) is 17.6 Å². The number of hydrogen-bond acceptors (Lipinski definition) is 5. The van der Waals surface area contributed by atoms with E-state index in [1.807, 2.05) is 78.3 Å². The third-order valence-electron chi connectivity index (χ3n) is 5.84. The smallest absolute Gasteiger partial charge is 0.339 e. The van der Waals surface area contributed by atoms with Crippen LogP contribution in [-0.4, -0.2) is 26.7 Å². The van der Waals surface area contributed by atoms with E-state index in [0.717, 1.165) is 22.2 Å². The number of ether oxygens (including phenoxy) is 1. The zero-order chi connectivity index (χ0) is 24.2. The monoisotopic (exact) mass is 461 g/mol. The molecular weight excluding hydrogens is 438 g/mol. The summed E-state index contributed by atoms with van der Waals surface area (Å²) in [5.74, 6) is -0.823. The summed E-state index contributed by atoms with van der Waals surface area (Å²) in [5, 5.41) is 8.39. The van der Waals surface area contributed by atoms with Crippen molar-refractivity contribution in [3.63, 3.8) is 0 Å². The molecule has 0 aliphatic rings. The van der Waals surface area contributed by atoms with Crippen LogP contribution in [0, 0.1) is 6.92 Å². The summed E-state index contributed by atoms with van der Waals surface area (Å²) in [6.45, 7) is 2.48. The molecule has 4 aromatic carbocycles. The van der Waals surface area contributed by atoms with Crippen molar-refractivity contribution in [2.45, 2.75) is 19.6 Å². The molecule has 0 unspecified atom stereocenters. The van der Waals surface area contributed by atoms with Gasteiger partial charge in [0.25, 0.3) is 0 Å². The van der Waals surface area contributed by atoms with Crippen LogP contribution in [0.5, 0.6) is 0 Å². The maximum atomic E-state index is 13.3. The van der Waals surface area contributed by atoms with Crippen molar-refractivity contribution in [3.8, 4) is 0 Å². The first-order valence-corrected chi connectivity index (χ1v) is 11.3. The van der Waals surface area contributed by atoms with Crippen LogP contribution in [0.1, 0.15) is 43.5 Å². The number of fused-ring (bicyclic) bond motifs is 1. The van der Waals surface area contributed by atoms with Crippen LogP contribution in [0.2, 0.25) is 0 Å². The fourth-order valence-corrected chi connectivity index (χ4v) is 3.90. The number of hydrogen-bond donors (Lipinski definition) is 0. The molecule has 0 saturated heterocycles. The molecule has 5 rings (SSSR count). The summed E-state index contributed by atoms with van der Waals surface area (Å²) in [5.41, 5.74) is 5.28. The fourth-order valence-electron chi connectivity index (χ4n) is 3.90. The molecule has 0 aliphatic heterocycles. The van der Waals surface area contributed by atoms with Gasteiger partial charge in [0.15, 0.2) is 6.10 Å². The highest BCUT2D eigenvalue weighted by atomic mass is 16.5. The van der Waals surface area contributed by atoms with Crippen LogP contribution >= 0.6 is 0 Å². The van der Waals surface area contributed by atoms with Crippen LogP contribution in [0.25, 0.3) is 11.0 Å². The molecule has 0 radical (unpaired) electrons. The van der Waals surface area contributed by atoms with Gasteiger partial charge in [-0.1, -0.05) is 89.6 Å². The Morgan fingerprint density at radius 3 is 2.20 bits per heavy atom. The van der Waals surface area contributed by atoms with Crippen LogP contribution < -0.4 is 0 Å². The van der Waals surface area contributed by atoms with E-state index in [1.54, 1.807) is 36.4 Å². The van der Waals surface area contributed by atoms with Gasteiger partial charge >= 0.3 is 5.97 Å². The second kappa shape index (κ2) is 9.73. The highest BCUT2D eigenvalue weighted by molar-refractivity contribution is 6.02. The predicted octanol–water partition coefficient (Wildman–Crippen LogP) is 5.57. The summed E-state index contributed by atoms with van der Waals surface area (Å²) < 4.78 is 7.57. The lowest BCUT2D eigenvalue weighted by atomic mass is 9.99. The van der Waals surface area contributed by atoms with Crippen LogP contribution in [-0.2, 0) is 11.3 Å². The van der Waals surface area contributed by atoms with E-state index in [9.17, 15) is 9.59 Å². The Morgan fingerprint density at radius 2 is 1.46 bits per heavy atom. The Labute approximate surface area is 202 Å². The Morgan fingerprint density at radius 1 is 0.800 bits per heavy atom. The predicted molar refractivity (Wildman–Crippen MR) is 133 cm³/mol. The first kappa shape index (κ1) is 22.2. The molecule has 6 nitrogen and oxygen atoms in total. The maximum absolute atomic E-state index is 13.3. The Bertz CT molecular complexity index is 1470. The van der Waals surface area contributed by atoms with E-state index in [2.05, 4.69) is 10.3 Å². The van der Waals surface area contributed by atoms with E-state index in [1.165, 1.54) is 0 Å². The number of aromatic nitrogens is 3. The molecule has 5 aromatic rings. The average Bonchev–Trinajstić information content (AvgIpc) is 3.31. The summed E-state index contributed by atoms with van der Waals surface area (Å²) in [6.07, 6.45) is -1.03. The first-order chi connectivity index (χ1) is 17.1. The lowest BCUT2D eigenvalue weighted by Gasteiger charge is -2.18. The number of Topliss-reactive ketones (excluding diaryl/α,β-unsaturated/α-hetero) is 1. The van der Waals surface area contributed by atoms with E-state index < -0.39 is 12.1 Å². The number of benzene rings is 4. The summed E-state index contributed by atoms with van der Waals surface area (Å²) in [7, 11) is 0. The minimum atomic E-state index is -1.03. The Hall–Kier alpha value is -4.58. The van der Waals surface area contributed by atoms with Crippen molar-refractivity contribution in [1.29, 1.82) is 0 Å². The molecule has 6 heteroatoms. The number of esters is 1. The largest absolute Gasteiger partial charge is 0.445 e. The molecule has 172 valence electrons. The van der Waals surface area contributed by atoms with Crippen molar-refractivity contribution in [2.75, 3.05) is 0 Å². The van der Waals surface area contributed by atoms with Gasteiger partial charge in [0.2, 0.25) is 5.78 Å². The summed E-state index contributed by atoms with van der Waals surface area (Å²) in [6, 6.07) is 31.2. The molecule has 0 fully saturated rings. The van der Waals surface area contributed by atoms with Crippen molar-refractivity contribution in [2.24, 2.45) is 0 Å². The van der Waals surface area contributed by atoms with Crippen molar-refractivity contribution >= 4 is 22.8 Å². The molecule has 0 aliphatic carbocycles. The maximum Gasteiger partial charge on any atom is 0.339 e. The fraction of sp³-hybridized carbons (Fsp3) is 0.103. The number of ketones is 1. The number of aryl methyl sites for hydroxylation is 1. The third-order valence-corrected chi connectivity index (χ3v) is 5.84. The van der Waals surface area contributed by atoms with Gasteiger partial charge in [0, 0.05) is 11.1 Å². The SMILES string of the molecule is Cc1ccc(C(=O)[C@@H](OC(=O)c2ccc(Cn3nnc4ccccc43)cc2)c2ccccc2)cc1. The third kappa shape index (κ3) is 4.87. The topological polar surface area (TPSA) is 74.1 Å². The van der Waals surface area contributed by atoms with Gasteiger partial charge in [-0.25, -0.2) is 9.48 Å². The van der Waals surface area contributed by atoms with Gasteiger partial charge in [-0.05, 0) is 36.8 Å². The molecule has 1 heterocycles. The molecule has 0 saturated carbocycles. The van der Waals surface area contributed by atoms with Crippen LogP contribution in [0.4, 0.5) is 0 Å².